The molecule has 3 heterocycles. The van der Waals surface area contributed by atoms with Crippen molar-refractivity contribution >= 4 is 6.03 Å². The third-order valence-corrected chi connectivity index (χ3v) is 5.26. The molecule has 4 rings (SSSR count). The van der Waals surface area contributed by atoms with Crippen molar-refractivity contribution in [3.63, 3.8) is 0 Å². The molecule has 0 saturated heterocycles. The topological polar surface area (TPSA) is 88.2 Å². The van der Waals surface area contributed by atoms with Crippen LogP contribution in [0.4, 0.5) is 4.79 Å². The minimum Gasteiger partial charge on any atom is -0.390 e. The van der Waals surface area contributed by atoms with Gasteiger partial charge in [0.15, 0.2) is 0 Å². The first-order chi connectivity index (χ1) is 13.6. The molecule has 2 aromatic heterocycles. The number of aliphatic hydroxyl groups is 1. The van der Waals surface area contributed by atoms with Gasteiger partial charge in [0.2, 0.25) is 0 Å². The zero-order valence-corrected chi connectivity index (χ0v) is 16.0. The molecule has 1 unspecified atom stereocenters. The second kappa shape index (κ2) is 7.47. The highest BCUT2D eigenvalue weighted by Crippen LogP contribution is 2.24. The number of aryl methyl sites for hydroxylation is 1. The maximum Gasteiger partial charge on any atom is 0.318 e. The molecule has 0 radical (unpaired) electrons. The van der Waals surface area contributed by atoms with Crippen LogP contribution in [-0.2, 0) is 26.6 Å². The van der Waals surface area contributed by atoms with Crippen molar-refractivity contribution in [3.8, 4) is 5.69 Å². The van der Waals surface area contributed by atoms with Crippen molar-refractivity contribution in [2.75, 3.05) is 6.54 Å². The van der Waals surface area contributed by atoms with E-state index in [0.29, 0.717) is 18.8 Å². The Morgan fingerprint density at radius 2 is 2.14 bits per heavy atom. The van der Waals surface area contributed by atoms with E-state index < -0.39 is 0 Å². The molecule has 3 aromatic rings. The van der Waals surface area contributed by atoms with Gasteiger partial charge in [0.25, 0.3) is 0 Å². The van der Waals surface area contributed by atoms with Gasteiger partial charge < -0.3 is 15.3 Å². The average Bonchev–Trinajstić information content (AvgIpc) is 3.36. The van der Waals surface area contributed by atoms with Crippen LogP contribution in [0.5, 0.6) is 0 Å². The zero-order chi connectivity index (χ0) is 19.7. The Morgan fingerprint density at radius 3 is 2.89 bits per heavy atom. The molecule has 0 bridgehead atoms. The Bertz CT molecular complexity index is 979. The molecule has 146 valence electrons. The predicted octanol–water partition coefficient (Wildman–Crippen LogP) is 1.93. The Morgan fingerprint density at radius 1 is 1.32 bits per heavy atom. The van der Waals surface area contributed by atoms with E-state index in [1.165, 1.54) is 0 Å². The average molecular weight is 380 g/mol. The molecule has 0 fully saturated rings. The first-order valence-electron chi connectivity index (χ1n) is 9.37. The SMILES string of the molecule is CC(NC(=O)N1CCc2c(c(CO)nn2C)C1)c1ccccc1-n1cccn1. The molecule has 28 heavy (non-hydrogen) atoms. The molecule has 1 aliphatic rings. The van der Waals surface area contributed by atoms with Crippen LogP contribution in [0.3, 0.4) is 0 Å². The molecular weight excluding hydrogens is 356 g/mol. The molecule has 8 nitrogen and oxygen atoms in total. The Hall–Kier alpha value is -3.13. The van der Waals surface area contributed by atoms with Crippen LogP contribution in [0.2, 0.25) is 0 Å². The van der Waals surface area contributed by atoms with E-state index in [0.717, 1.165) is 28.9 Å². The Labute approximate surface area is 163 Å². The van der Waals surface area contributed by atoms with Crippen molar-refractivity contribution in [1.29, 1.82) is 0 Å². The molecule has 0 spiro atoms. The van der Waals surface area contributed by atoms with Crippen molar-refractivity contribution in [2.24, 2.45) is 7.05 Å². The standard InChI is InChI=1S/C20H24N6O2/c1-14(15-6-3-4-7-19(15)26-10-5-9-21-26)22-20(28)25-11-8-18-16(12-25)17(13-27)23-24(18)2/h3-7,9-10,14,27H,8,11-13H2,1-2H3,(H,22,28). The third kappa shape index (κ3) is 3.27. The summed E-state index contributed by atoms with van der Waals surface area (Å²) in [7, 11) is 1.88. The predicted molar refractivity (Wildman–Crippen MR) is 104 cm³/mol. The molecule has 8 heteroatoms. The molecule has 2 N–H and O–H groups in total. The number of aromatic nitrogens is 4. The van der Waals surface area contributed by atoms with Gasteiger partial charge in [-0.2, -0.15) is 10.2 Å². The summed E-state index contributed by atoms with van der Waals surface area (Å²) in [5.41, 5.74) is 4.62. The number of hydrogen-bond acceptors (Lipinski definition) is 4. The molecule has 0 aliphatic carbocycles. The van der Waals surface area contributed by atoms with Crippen LogP contribution in [0.25, 0.3) is 5.69 Å². The fourth-order valence-electron chi connectivity index (χ4n) is 3.80. The van der Waals surface area contributed by atoms with E-state index in [2.05, 4.69) is 15.5 Å². The van der Waals surface area contributed by atoms with Gasteiger partial charge in [-0.3, -0.25) is 4.68 Å². The van der Waals surface area contributed by atoms with Crippen molar-refractivity contribution in [1.82, 2.24) is 29.8 Å². The number of hydrogen-bond donors (Lipinski definition) is 2. The summed E-state index contributed by atoms with van der Waals surface area (Å²) in [6.45, 7) is 2.93. The monoisotopic (exact) mass is 380 g/mol. The fraction of sp³-hybridized carbons (Fsp3) is 0.350. The summed E-state index contributed by atoms with van der Waals surface area (Å²) in [6, 6.07) is 9.48. The number of urea groups is 1. The number of rotatable bonds is 4. The minimum absolute atomic E-state index is 0.119. The third-order valence-electron chi connectivity index (χ3n) is 5.26. The van der Waals surface area contributed by atoms with Crippen LogP contribution in [0, 0.1) is 0 Å². The number of carbonyl (C=O) groups is 1. The Balaban J connectivity index is 1.50. The van der Waals surface area contributed by atoms with Crippen LogP contribution in [0.1, 0.15) is 35.5 Å². The van der Waals surface area contributed by atoms with E-state index in [-0.39, 0.29) is 18.7 Å². The highest BCUT2D eigenvalue weighted by Gasteiger charge is 2.27. The van der Waals surface area contributed by atoms with Gasteiger partial charge in [0.05, 0.1) is 30.6 Å². The van der Waals surface area contributed by atoms with E-state index in [1.54, 1.807) is 20.5 Å². The quantitative estimate of drug-likeness (QED) is 0.724. The van der Waals surface area contributed by atoms with Gasteiger partial charge in [0, 0.05) is 43.7 Å². The molecule has 1 aliphatic heterocycles. The number of fused-ring (bicyclic) bond motifs is 1. The smallest absolute Gasteiger partial charge is 0.318 e. The first kappa shape index (κ1) is 18.2. The van der Waals surface area contributed by atoms with Gasteiger partial charge in [-0.15, -0.1) is 0 Å². The van der Waals surface area contributed by atoms with Gasteiger partial charge in [-0.1, -0.05) is 18.2 Å². The van der Waals surface area contributed by atoms with Crippen LogP contribution >= 0.6 is 0 Å². The summed E-state index contributed by atoms with van der Waals surface area (Å²) < 4.78 is 3.60. The van der Waals surface area contributed by atoms with Gasteiger partial charge >= 0.3 is 6.03 Å². The Kier molecular flexibility index (Phi) is 4.87. The summed E-state index contributed by atoms with van der Waals surface area (Å²) in [4.78, 5) is 14.7. The lowest BCUT2D eigenvalue weighted by Crippen LogP contribution is -2.44. The summed E-state index contributed by atoms with van der Waals surface area (Å²) in [5, 5.41) is 21.3. The van der Waals surface area contributed by atoms with Crippen LogP contribution in [0.15, 0.2) is 42.7 Å². The maximum absolute atomic E-state index is 12.9. The molecule has 1 aromatic carbocycles. The van der Waals surface area contributed by atoms with E-state index >= 15 is 0 Å². The lowest BCUT2D eigenvalue weighted by Gasteiger charge is -2.29. The molecule has 2 amide bonds. The van der Waals surface area contributed by atoms with E-state index in [9.17, 15) is 9.90 Å². The largest absolute Gasteiger partial charge is 0.390 e. The number of nitrogens with one attached hydrogen (secondary N) is 1. The number of para-hydroxylation sites is 1. The van der Waals surface area contributed by atoms with E-state index in [4.69, 9.17) is 0 Å². The van der Waals surface area contributed by atoms with Crippen molar-refractivity contribution < 1.29 is 9.90 Å². The first-order valence-corrected chi connectivity index (χ1v) is 9.37. The lowest BCUT2D eigenvalue weighted by molar-refractivity contribution is 0.187. The summed E-state index contributed by atoms with van der Waals surface area (Å²) >= 11 is 0. The van der Waals surface area contributed by atoms with Crippen LogP contribution < -0.4 is 5.32 Å². The minimum atomic E-state index is -0.180. The second-order valence-corrected chi connectivity index (χ2v) is 7.01. The highest BCUT2D eigenvalue weighted by molar-refractivity contribution is 5.75. The normalized spacial score (nSPS) is 14.6. The van der Waals surface area contributed by atoms with Gasteiger partial charge in [-0.05, 0) is 24.6 Å². The number of amides is 2. The summed E-state index contributed by atoms with van der Waals surface area (Å²) in [6.07, 6.45) is 4.35. The van der Waals surface area contributed by atoms with Crippen molar-refractivity contribution in [3.05, 3.63) is 65.2 Å². The molecule has 0 saturated carbocycles. The molecule has 1 atom stereocenters. The molecular formula is C20H24N6O2. The van der Waals surface area contributed by atoms with E-state index in [1.807, 2.05) is 50.5 Å². The number of nitrogens with zero attached hydrogens (tertiary/aromatic N) is 5. The number of aliphatic hydroxyl groups excluding tert-OH is 1. The summed E-state index contributed by atoms with van der Waals surface area (Å²) in [5.74, 6) is 0. The van der Waals surface area contributed by atoms with Gasteiger partial charge in [-0.25, -0.2) is 9.48 Å². The van der Waals surface area contributed by atoms with Crippen molar-refractivity contribution in [2.45, 2.75) is 32.5 Å². The van der Waals surface area contributed by atoms with Crippen LogP contribution in [-0.4, -0.2) is 42.1 Å². The lowest BCUT2D eigenvalue weighted by atomic mass is 10.0. The maximum atomic E-state index is 12.9. The number of benzene rings is 1. The van der Waals surface area contributed by atoms with Gasteiger partial charge in [0.1, 0.15) is 0 Å². The fourth-order valence-corrected chi connectivity index (χ4v) is 3.80. The zero-order valence-electron chi connectivity index (χ0n) is 16.0. The number of carbonyl (C=O) groups excluding carboxylic acids is 1. The second-order valence-electron chi connectivity index (χ2n) is 7.01. The highest BCUT2D eigenvalue weighted by atomic mass is 16.3.